The molecule has 2 nitrogen and oxygen atoms in total. The summed E-state index contributed by atoms with van der Waals surface area (Å²) in [5.41, 5.74) is 4.73. The van der Waals surface area contributed by atoms with Crippen molar-refractivity contribution < 1.29 is 5.11 Å². The topological polar surface area (TPSA) is 33.1 Å². The second kappa shape index (κ2) is 8.53. The molecule has 0 saturated heterocycles. The average Bonchev–Trinajstić information content (AvgIpc) is 2.99. The Labute approximate surface area is 172 Å². The fourth-order valence-corrected chi connectivity index (χ4v) is 5.58. The van der Waals surface area contributed by atoms with Crippen molar-refractivity contribution in [3.05, 3.63) is 47.8 Å². The quantitative estimate of drug-likeness (QED) is 0.549. The summed E-state index contributed by atoms with van der Waals surface area (Å²) in [6.07, 6.45) is 16.2. The molecule has 1 saturated carbocycles. The minimum Gasteiger partial charge on any atom is -0.393 e. The molecule has 3 rings (SSSR count). The predicted molar refractivity (Wildman–Crippen MR) is 119 cm³/mol. The third-order valence-corrected chi connectivity index (χ3v) is 8.17. The van der Waals surface area contributed by atoms with Crippen LogP contribution in [0.15, 0.2) is 42.3 Å². The second-order valence-corrected chi connectivity index (χ2v) is 9.81. The van der Waals surface area contributed by atoms with Crippen molar-refractivity contribution in [2.75, 3.05) is 0 Å². The van der Waals surface area contributed by atoms with Gasteiger partial charge in [-0.2, -0.15) is 0 Å². The van der Waals surface area contributed by atoms with E-state index in [0.717, 1.165) is 25.7 Å². The second-order valence-electron chi connectivity index (χ2n) is 9.81. The van der Waals surface area contributed by atoms with Crippen molar-refractivity contribution in [2.24, 2.45) is 22.7 Å². The van der Waals surface area contributed by atoms with E-state index in [2.05, 4.69) is 63.9 Å². The van der Waals surface area contributed by atoms with Crippen LogP contribution in [-0.2, 0) is 0 Å². The van der Waals surface area contributed by atoms with E-state index in [9.17, 15) is 5.11 Å². The normalized spacial score (nSPS) is 35.8. The monoisotopic (exact) mass is 381 g/mol. The predicted octanol–water partition coefficient (Wildman–Crippen LogP) is 6.81. The maximum atomic E-state index is 10.2. The SMILES string of the molecule is CC/C=C1/C[C@@H](O)CC[C@]1(C)C(C)CC[C@]1(C)C(c2cccnc2)=CCC1C. The Morgan fingerprint density at radius 3 is 2.82 bits per heavy atom. The van der Waals surface area contributed by atoms with Gasteiger partial charge in [-0.25, -0.2) is 0 Å². The van der Waals surface area contributed by atoms with Gasteiger partial charge in [0, 0.05) is 12.4 Å². The largest absolute Gasteiger partial charge is 0.393 e. The first kappa shape index (κ1) is 21.3. The van der Waals surface area contributed by atoms with Gasteiger partial charge in [0.25, 0.3) is 0 Å². The summed E-state index contributed by atoms with van der Waals surface area (Å²) in [5, 5.41) is 10.2. The maximum absolute atomic E-state index is 10.2. The highest BCUT2D eigenvalue weighted by molar-refractivity contribution is 5.71. The zero-order chi connectivity index (χ0) is 20.4. The van der Waals surface area contributed by atoms with Gasteiger partial charge in [-0.05, 0) is 84.8 Å². The van der Waals surface area contributed by atoms with Gasteiger partial charge in [0.05, 0.1) is 6.10 Å². The van der Waals surface area contributed by atoms with E-state index < -0.39 is 0 Å². The lowest BCUT2D eigenvalue weighted by Crippen LogP contribution is -2.36. The molecule has 2 unspecified atom stereocenters. The summed E-state index contributed by atoms with van der Waals surface area (Å²) in [6, 6.07) is 4.27. The lowest BCUT2D eigenvalue weighted by Gasteiger charge is -2.45. The number of aliphatic hydroxyl groups excluding tert-OH is 1. The van der Waals surface area contributed by atoms with Crippen LogP contribution in [0.2, 0.25) is 0 Å². The molecule has 1 fully saturated rings. The standard InChI is InChI=1S/C26H39NO/c1-6-8-22-17-23(28)13-15-25(22,4)20(3)12-14-26(5)19(2)10-11-24(26)21-9-7-16-27-18-21/h7-9,11,16,18-20,23,28H,6,10,12-15,17H2,1-5H3/b22-8-/t19?,20?,23-,25+,26-/m0/s1. The van der Waals surface area contributed by atoms with Crippen LogP contribution in [0.25, 0.3) is 5.57 Å². The zero-order valence-corrected chi connectivity index (χ0v) is 18.5. The highest BCUT2D eigenvalue weighted by Crippen LogP contribution is 2.54. The zero-order valence-electron chi connectivity index (χ0n) is 18.5. The van der Waals surface area contributed by atoms with Crippen LogP contribution in [0.4, 0.5) is 0 Å². The van der Waals surface area contributed by atoms with Gasteiger partial charge in [-0.1, -0.05) is 58.4 Å². The van der Waals surface area contributed by atoms with Gasteiger partial charge in [0.2, 0.25) is 0 Å². The summed E-state index contributed by atoms with van der Waals surface area (Å²) in [4.78, 5) is 4.37. The number of rotatable bonds is 6. The smallest absolute Gasteiger partial charge is 0.0577 e. The lowest BCUT2D eigenvalue weighted by atomic mass is 9.61. The van der Waals surface area contributed by atoms with Crippen molar-refractivity contribution >= 4 is 5.57 Å². The third kappa shape index (κ3) is 3.99. The number of aliphatic hydroxyl groups is 1. The maximum Gasteiger partial charge on any atom is 0.0577 e. The number of nitrogens with zero attached hydrogens (tertiary/aromatic N) is 1. The van der Waals surface area contributed by atoms with Crippen molar-refractivity contribution in [2.45, 2.75) is 85.7 Å². The van der Waals surface area contributed by atoms with E-state index in [4.69, 9.17) is 0 Å². The van der Waals surface area contributed by atoms with Crippen molar-refractivity contribution in [3.8, 4) is 0 Å². The van der Waals surface area contributed by atoms with Gasteiger partial charge < -0.3 is 5.11 Å². The van der Waals surface area contributed by atoms with Crippen LogP contribution in [0.1, 0.15) is 85.1 Å². The van der Waals surface area contributed by atoms with Gasteiger partial charge in [-0.15, -0.1) is 0 Å². The van der Waals surface area contributed by atoms with Crippen molar-refractivity contribution in [1.29, 1.82) is 0 Å². The lowest BCUT2D eigenvalue weighted by molar-refractivity contribution is 0.0803. The Morgan fingerprint density at radius 1 is 1.36 bits per heavy atom. The van der Waals surface area contributed by atoms with E-state index in [1.807, 2.05) is 12.4 Å². The molecule has 1 aromatic heterocycles. The number of pyridine rings is 1. The molecule has 0 radical (unpaired) electrons. The van der Waals surface area contributed by atoms with Crippen LogP contribution < -0.4 is 0 Å². The molecule has 154 valence electrons. The van der Waals surface area contributed by atoms with Gasteiger partial charge in [-0.3, -0.25) is 4.98 Å². The first-order chi connectivity index (χ1) is 13.3. The minimum atomic E-state index is -0.148. The summed E-state index contributed by atoms with van der Waals surface area (Å²) in [6.45, 7) is 12.0. The highest BCUT2D eigenvalue weighted by Gasteiger charge is 2.43. The molecule has 0 aromatic carbocycles. The number of hydrogen-bond donors (Lipinski definition) is 1. The molecule has 1 aromatic rings. The van der Waals surface area contributed by atoms with Gasteiger partial charge >= 0.3 is 0 Å². The van der Waals surface area contributed by atoms with Crippen LogP contribution >= 0.6 is 0 Å². The van der Waals surface area contributed by atoms with Crippen LogP contribution in [-0.4, -0.2) is 16.2 Å². The Kier molecular flexibility index (Phi) is 6.49. The summed E-state index contributed by atoms with van der Waals surface area (Å²) < 4.78 is 0. The van der Waals surface area contributed by atoms with E-state index in [-0.39, 0.29) is 16.9 Å². The first-order valence-electron chi connectivity index (χ1n) is 11.3. The van der Waals surface area contributed by atoms with Crippen molar-refractivity contribution in [1.82, 2.24) is 4.98 Å². The van der Waals surface area contributed by atoms with E-state index in [1.165, 1.54) is 36.0 Å². The summed E-state index contributed by atoms with van der Waals surface area (Å²) in [7, 11) is 0. The molecule has 2 aliphatic carbocycles. The molecule has 2 aliphatic rings. The molecule has 28 heavy (non-hydrogen) atoms. The Balaban J connectivity index is 1.76. The van der Waals surface area contributed by atoms with Gasteiger partial charge in [0.1, 0.15) is 0 Å². The molecular weight excluding hydrogens is 342 g/mol. The number of aromatic nitrogens is 1. The van der Waals surface area contributed by atoms with Crippen LogP contribution in [0.5, 0.6) is 0 Å². The molecular formula is C26H39NO. The van der Waals surface area contributed by atoms with Crippen LogP contribution in [0.3, 0.4) is 0 Å². The molecule has 0 spiro atoms. The third-order valence-electron chi connectivity index (χ3n) is 8.17. The number of hydrogen-bond acceptors (Lipinski definition) is 2. The molecule has 0 bridgehead atoms. The van der Waals surface area contributed by atoms with E-state index in [0.29, 0.717) is 11.8 Å². The fraction of sp³-hybridized carbons (Fsp3) is 0.654. The number of allylic oxidation sites excluding steroid dienone is 3. The van der Waals surface area contributed by atoms with Crippen molar-refractivity contribution in [3.63, 3.8) is 0 Å². The average molecular weight is 382 g/mol. The Hall–Kier alpha value is -1.41. The highest BCUT2D eigenvalue weighted by atomic mass is 16.3. The summed E-state index contributed by atoms with van der Waals surface area (Å²) >= 11 is 0. The van der Waals surface area contributed by atoms with E-state index >= 15 is 0 Å². The fourth-order valence-electron chi connectivity index (χ4n) is 5.58. The minimum absolute atomic E-state index is 0.148. The molecule has 2 heteroatoms. The molecule has 0 amide bonds. The molecule has 5 atom stereocenters. The first-order valence-corrected chi connectivity index (χ1v) is 11.3. The molecule has 0 aliphatic heterocycles. The molecule has 1 heterocycles. The Bertz CT molecular complexity index is 721. The van der Waals surface area contributed by atoms with Gasteiger partial charge in [0.15, 0.2) is 0 Å². The van der Waals surface area contributed by atoms with E-state index in [1.54, 1.807) is 0 Å². The summed E-state index contributed by atoms with van der Waals surface area (Å²) in [5.74, 6) is 1.29. The Morgan fingerprint density at radius 2 is 2.14 bits per heavy atom. The van der Waals surface area contributed by atoms with Crippen LogP contribution in [0, 0.1) is 22.7 Å². The molecule has 1 N–H and O–H groups in total.